The maximum absolute atomic E-state index is 12.7. The van der Waals surface area contributed by atoms with Crippen molar-refractivity contribution < 1.29 is 17.9 Å². The van der Waals surface area contributed by atoms with Crippen molar-refractivity contribution in [2.24, 2.45) is 0 Å². The highest BCUT2D eigenvalue weighted by molar-refractivity contribution is 7.89. The number of sulfonamides is 1. The fourth-order valence-corrected chi connectivity index (χ4v) is 4.03. The number of hydrogen-bond acceptors (Lipinski definition) is 5. The summed E-state index contributed by atoms with van der Waals surface area (Å²) in [7, 11) is -3.71. The summed E-state index contributed by atoms with van der Waals surface area (Å²) in [6, 6.07) is 9.15. The quantitative estimate of drug-likeness (QED) is 0.875. The fourth-order valence-electron chi connectivity index (χ4n) is 2.40. The third-order valence-electron chi connectivity index (χ3n) is 3.70. The molecule has 0 unspecified atom stereocenters. The van der Waals surface area contributed by atoms with Crippen LogP contribution in [0.15, 0.2) is 47.5 Å². The van der Waals surface area contributed by atoms with E-state index < -0.39 is 15.9 Å². The van der Waals surface area contributed by atoms with Crippen molar-refractivity contribution in [2.45, 2.75) is 4.90 Å². The van der Waals surface area contributed by atoms with Crippen molar-refractivity contribution in [1.82, 2.24) is 9.29 Å². The second-order valence-electron chi connectivity index (χ2n) is 5.33. The second-order valence-corrected chi connectivity index (χ2v) is 7.67. The molecule has 7 nitrogen and oxygen atoms in total. The maximum Gasteiger partial charge on any atom is 0.258 e. The van der Waals surface area contributed by atoms with E-state index in [9.17, 15) is 13.2 Å². The number of rotatable bonds is 4. The summed E-state index contributed by atoms with van der Waals surface area (Å²) in [6.45, 7) is 1.25. The first kappa shape index (κ1) is 17.8. The van der Waals surface area contributed by atoms with Crippen molar-refractivity contribution in [3.05, 3.63) is 53.2 Å². The minimum Gasteiger partial charge on any atom is -0.379 e. The minimum atomic E-state index is -3.71. The number of halogens is 1. The molecule has 132 valence electrons. The summed E-state index contributed by atoms with van der Waals surface area (Å²) in [4.78, 5) is 16.4. The highest BCUT2D eigenvalue weighted by Crippen LogP contribution is 2.24. The lowest BCUT2D eigenvalue weighted by molar-refractivity contribution is 0.0730. The van der Waals surface area contributed by atoms with Gasteiger partial charge in [-0.05, 0) is 30.3 Å². The molecule has 25 heavy (non-hydrogen) atoms. The lowest BCUT2D eigenvalue weighted by Crippen LogP contribution is -2.40. The molecule has 2 heterocycles. The molecule has 0 spiro atoms. The molecule has 3 rings (SSSR count). The number of amides is 1. The zero-order chi connectivity index (χ0) is 17.9. The van der Waals surface area contributed by atoms with Crippen LogP contribution in [-0.2, 0) is 14.8 Å². The summed E-state index contributed by atoms with van der Waals surface area (Å²) in [5.41, 5.74) is 0.0710. The first-order chi connectivity index (χ1) is 12.0. The largest absolute Gasteiger partial charge is 0.379 e. The molecule has 1 N–H and O–H groups in total. The number of nitrogens with one attached hydrogen (secondary N) is 1. The molecule has 1 fully saturated rings. The van der Waals surface area contributed by atoms with E-state index >= 15 is 0 Å². The average Bonchev–Trinajstić information content (AvgIpc) is 2.63. The molecule has 1 aliphatic heterocycles. The van der Waals surface area contributed by atoms with Gasteiger partial charge in [-0.25, -0.2) is 13.4 Å². The zero-order valence-corrected chi connectivity index (χ0v) is 14.8. The summed E-state index contributed by atoms with van der Waals surface area (Å²) in [5, 5.41) is 2.76. The lowest BCUT2D eigenvalue weighted by Gasteiger charge is -2.26. The van der Waals surface area contributed by atoms with Gasteiger partial charge in [0.05, 0.1) is 28.7 Å². The number of carbonyl (C=O) groups is 1. The predicted molar refractivity (Wildman–Crippen MR) is 93.2 cm³/mol. The van der Waals surface area contributed by atoms with Gasteiger partial charge >= 0.3 is 0 Å². The number of nitrogens with zero attached hydrogens (tertiary/aromatic N) is 2. The van der Waals surface area contributed by atoms with Crippen LogP contribution in [0.25, 0.3) is 0 Å². The highest BCUT2D eigenvalue weighted by Gasteiger charge is 2.27. The number of morpholine rings is 1. The topological polar surface area (TPSA) is 88.6 Å². The average molecular weight is 382 g/mol. The SMILES string of the molecule is O=C(Nc1ccccn1)c1cc(S(=O)(=O)N2CCOCC2)ccc1Cl. The number of benzene rings is 1. The van der Waals surface area contributed by atoms with Gasteiger partial charge in [-0.1, -0.05) is 17.7 Å². The molecule has 1 saturated heterocycles. The molecular formula is C16H16ClN3O4S. The van der Waals surface area contributed by atoms with Crippen LogP contribution < -0.4 is 5.32 Å². The van der Waals surface area contributed by atoms with Crippen molar-refractivity contribution in [1.29, 1.82) is 0 Å². The smallest absolute Gasteiger partial charge is 0.258 e. The summed E-state index contributed by atoms with van der Waals surface area (Å²) >= 11 is 6.08. The Morgan fingerprint density at radius 1 is 1.20 bits per heavy atom. The molecule has 1 amide bonds. The van der Waals surface area contributed by atoms with E-state index in [0.29, 0.717) is 19.0 Å². The van der Waals surface area contributed by atoms with Crippen LogP contribution in [0.3, 0.4) is 0 Å². The Morgan fingerprint density at radius 2 is 1.96 bits per heavy atom. The molecular weight excluding hydrogens is 366 g/mol. The van der Waals surface area contributed by atoms with Gasteiger partial charge in [0.1, 0.15) is 5.82 Å². The second kappa shape index (κ2) is 7.49. The van der Waals surface area contributed by atoms with Crippen LogP contribution in [0.4, 0.5) is 5.82 Å². The first-order valence-electron chi connectivity index (χ1n) is 7.58. The number of aromatic nitrogens is 1. The Labute approximate surface area is 150 Å². The van der Waals surface area contributed by atoms with Crippen LogP contribution >= 0.6 is 11.6 Å². The molecule has 0 radical (unpaired) electrons. The fraction of sp³-hybridized carbons (Fsp3) is 0.250. The van der Waals surface area contributed by atoms with Gasteiger partial charge in [-0.15, -0.1) is 0 Å². The van der Waals surface area contributed by atoms with E-state index in [0.717, 1.165) is 0 Å². The number of anilines is 1. The van der Waals surface area contributed by atoms with Gasteiger partial charge in [-0.3, -0.25) is 4.79 Å². The summed E-state index contributed by atoms with van der Waals surface area (Å²) in [5.74, 6) is -0.173. The lowest BCUT2D eigenvalue weighted by atomic mass is 10.2. The van der Waals surface area contributed by atoms with Gasteiger partial charge in [0, 0.05) is 19.3 Å². The van der Waals surface area contributed by atoms with Crippen molar-refractivity contribution >= 4 is 33.3 Å². The Bertz CT molecular complexity index is 868. The van der Waals surface area contributed by atoms with Crippen LogP contribution in [-0.4, -0.2) is 49.9 Å². The Balaban J connectivity index is 1.88. The molecule has 1 aromatic carbocycles. The molecule has 9 heteroatoms. The van der Waals surface area contributed by atoms with E-state index in [2.05, 4.69) is 10.3 Å². The van der Waals surface area contributed by atoms with E-state index in [-0.39, 0.29) is 28.6 Å². The third kappa shape index (κ3) is 3.98. The summed E-state index contributed by atoms with van der Waals surface area (Å²) in [6.07, 6.45) is 1.54. The van der Waals surface area contributed by atoms with E-state index in [1.165, 1.54) is 28.7 Å². The number of hydrogen-bond donors (Lipinski definition) is 1. The first-order valence-corrected chi connectivity index (χ1v) is 9.40. The van der Waals surface area contributed by atoms with Crippen molar-refractivity contribution in [2.75, 3.05) is 31.6 Å². The zero-order valence-electron chi connectivity index (χ0n) is 13.2. The van der Waals surface area contributed by atoms with Gasteiger partial charge in [0.15, 0.2) is 0 Å². The Kier molecular flexibility index (Phi) is 5.33. The molecule has 1 aromatic heterocycles. The van der Waals surface area contributed by atoms with Crippen molar-refractivity contribution in [3.63, 3.8) is 0 Å². The van der Waals surface area contributed by atoms with E-state index in [4.69, 9.17) is 16.3 Å². The minimum absolute atomic E-state index is 0.0185. The molecule has 0 aliphatic carbocycles. The standard InChI is InChI=1S/C16H16ClN3O4S/c17-14-5-4-12(25(22,23)20-7-9-24-10-8-20)11-13(14)16(21)19-15-3-1-2-6-18-15/h1-6,11H,7-10H2,(H,18,19,21). The molecule has 1 aliphatic rings. The number of pyridine rings is 1. The predicted octanol–water partition coefficient (Wildman–Crippen LogP) is 2.01. The number of ether oxygens (including phenoxy) is 1. The molecule has 2 aromatic rings. The maximum atomic E-state index is 12.7. The van der Waals surface area contributed by atoms with Crippen LogP contribution in [0.2, 0.25) is 5.02 Å². The Hall–Kier alpha value is -2.00. The van der Waals surface area contributed by atoms with E-state index in [1.54, 1.807) is 18.2 Å². The van der Waals surface area contributed by atoms with Gasteiger partial charge in [0.25, 0.3) is 5.91 Å². The van der Waals surface area contributed by atoms with Gasteiger partial charge in [-0.2, -0.15) is 4.31 Å². The summed E-state index contributed by atoms with van der Waals surface area (Å²) < 4.78 is 31.9. The van der Waals surface area contributed by atoms with Crippen LogP contribution in [0.1, 0.15) is 10.4 Å². The van der Waals surface area contributed by atoms with E-state index in [1.807, 2.05) is 0 Å². The van der Waals surface area contributed by atoms with Crippen LogP contribution in [0.5, 0.6) is 0 Å². The van der Waals surface area contributed by atoms with Crippen molar-refractivity contribution in [3.8, 4) is 0 Å². The Morgan fingerprint density at radius 3 is 2.64 bits per heavy atom. The molecule has 0 atom stereocenters. The molecule has 0 saturated carbocycles. The van der Waals surface area contributed by atoms with Gasteiger partial charge in [0.2, 0.25) is 10.0 Å². The van der Waals surface area contributed by atoms with Gasteiger partial charge < -0.3 is 10.1 Å². The normalized spacial score (nSPS) is 15.7. The van der Waals surface area contributed by atoms with Crippen LogP contribution in [0, 0.1) is 0 Å². The number of carbonyl (C=O) groups excluding carboxylic acids is 1. The third-order valence-corrected chi connectivity index (χ3v) is 5.92. The highest BCUT2D eigenvalue weighted by atomic mass is 35.5. The monoisotopic (exact) mass is 381 g/mol. The molecule has 0 bridgehead atoms.